The van der Waals surface area contributed by atoms with Crippen LogP contribution in [-0.2, 0) is 20.0 Å². The number of sulfonamides is 2. The molecule has 0 aliphatic carbocycles. The zero-order valence-corrected chi connectivity index (χ0v) is 24.4. The highest BCUT2D eigenvalue weighted by molar-refractivity contribution is 8.06. The van der Waals surface area contributed by atoms with Crippen LogP contribution in [0.2, 0.25) is 0 Å². The van der Waals surface area contributed by atoms with Crippen LogP contribution < -0.4 is 4.74 Å². The lowest BCUT2D eigenvalue weighted by molar-refractivity contribution is 0.279. The van der Waals surface area contributed by atoms with Crippen LogP contribution in [0.15, 0.2) is 111 Å². The molecule has 0 radical (unpaired) electrons. The van der Waals surface area contributed by atoms with Gasteiger partial charge >= 0.3 is 0 Å². The van der Waals surface area contributed by atoms with E-state index < -0.39 is 20.0 Å². The molecule has 0 heterocycles. The molecule has 6 nitrogen and oxygen atoms in total. The van der Waals surface area contributed by atoms with Gasteiger partial charge < -0.3 is 4.74 Å². The van der Waals surface area contributed by atoms with Gasteiger partial charge in [0, 0.05) is 4.90 Å². The van der Waals surface area contributed by atoms with E-state index in [1.807, 2.05) is 12.1 Å². The minimum Gasteiger partial charge on any atom is -0.494 e. The van der Waals surface area contributed by atoms with E-state index in [0.717, 1.165) is 41.7 Å². The zero-order chi connectivity index (χ0) is 27.6. The molecule has 0 aromatic heterocycles. The highest BCUT2D eigenvalue weighted by atomic mass is 32.3. The van der Waals surface area contributed by atoms with Gasteiger partial charge in [0.05, 0.1) is 22.3 Å². The molecule has 3 aromatic rings. The number of rotatable bonds is 14. The summed E-state index contributed by atoms with van der Waals surface area (Å²) >= 11 is 1.13. The van der Waals surface area contributed by atoms with Gasteiger partial charge in [0.2, 0.25) is 0 Å². The first kappa shape index (κ1) is 30.0. The summed E-state index contributed by atoms with van der Waals surface area (Å²) in [6.45, 7) is 7.05. The molecule has 0 saturated heterocycles. The normalized spacial score (nSPS) is 12.7. The van der Waals surface area contributed by atoms with E-state index in [4.69, 9.17) is 4.74 Å². The largest absolute Gasteiger partial charge is 0.494 e. The third-order valence-corrected chi connectivity index (χ3v) is 11.4. The lowest BCUT2D eigenvalue weighted by atomic mass is 10.0. The predicted molar refractivity (Wildman–Crippen MR) is 154 cm³/mol. The van der Waals surface area contributed by atoms with Crippen molar-refractivity contribution in [2.75, 3.05) is 12.5 Å². The van der Waals surface area contributed by atoms with Crippen LogP contribution in [-0.4, -0.2) is 33.0 Å². The van der Waals surface area contributed by atoms with Crippen molar-refractivity contribution in [2.45, 2.75) is 54.7 Å². The second-order valence-electron chi connectivity index (χ2n) is 9.25. The predicted octanol–water partition coefficient (Wildman–Crippen LogP) is 6.97. The molecule has 0 aliphatic rings. The van der Waals surface area contributed by atoms with Crippen LogP contribution in [0.4, 0.5) is 0 Å². The van der Waals surface area contributed by atoms with E-state index in [2.05, 4.69) is 26.8 Å². The Morgan fingerprint density at radius 1 is 0.816 bits per heavy atom. The van der Waals surface area contributed by atoms with E-state index >= 15 is 0 Å². The Labute approximate surface area is 231 Å². The number of ether oxygens (including phenoxy) is 1. The molecular weight excluding hydrogens is 539 g/mol. The van der Waals surface area contributed by atoms with Crippen molar-refractivity contribution in [1.29, 1.82) is 0 Å². The molecule has 0 fully saturated rings. The number of thioether (sulfide) groups is 1. The summed E-state index contributed by atoms with van der Waals surface area (Å²) in [5, 5.41) is 0. The number of benzene rings is 3. The minimum atomic E-state index is -4.32. The van der Waals surface area contributed by atoms with Crippen molar-refractivity contribution in [3.05, 3.63) is 96.6 Å². The molecule has 0 amide bonds. The first-order valence-corrected chi connectivity index (χ1v) is 16.3. The highest BCUT2D eigenvalue weighted by Gasteiger charge is 2.36. The molecule has 0 spiro atoms. The fraction of sp³-hybridized carbons (Fsp3) is 0.310. The SMILES string of the molecule is CC(C)=CCC[C@H](C)CCOc1ccc(SCN(S(=O)(=O)c2ccccc2)S(=O)(=O)c2ccccc2)cc1. The van der Waals surface area contributed by atoms with Crippen LogP contribution in [0.1, 0.15) is 40.0 Å². The first-order valence-electron chi connectivity index (χ1n) is 12.5. The van der Waals surface area contributed by atoms with Crippen LogP contribution in [0, 0.1) is 5.92 Å². The number of hydrogen-bond donors (Lipinski definition) is 0. The van der Waals surface area contributed by atoms with Gasteiger partial charge in [0.15, 0.2) is 0 Å². The molecule has 3 rings (SSSR count). The average Bonchev–Trinajstić information content (AvgIpc) is 2.90. The second kappa shape index (κ2) is 14.0. The van der Waals surface area contributed by atoms with Gasteiger partial charge in [-0.1, -0.05) is 58.7 Å². The zero-order valence-electron chi connectivity index (χ0n) is 22.0. The molecular formula is C29H35NO5S3. The molecule has 0 N–H and O–H groups in total. The number of hydrogen-bond acceptors (Lipinski definition) is 6. The van der Waals surface area contributed by atoms with Crippen LogP contribution >= 0.6 is 11.8 Å². The van der Waals surface area contributed by atoms with E-state index in [-0.39, 0.29) is 15.7 Å². The number of allylic oxidation sites excluding steroid dienone is 2. The third-order valence-electron chi connectivity index (χ3n) is 5.87. The van der Waals surface area contributed by atoms with Crippen molar-refractivity contribution in [1.82, 2.24) is 3.71 Å². The first-order chi connectivity index (χ1) is 18.1. The standard InChI is InChI=1S/C29H35NO5S3/c1-24(2)11-10-12-25(3)21-22-35-26-17-19-27(20-18-26)36-23-30(37(31,32)28-13-6-4-7-14-28)38(33,34)29-15-8-5-9-16-29/h4-9,11,13-20,25H,10,12,21-23H2,1-3H3/t25-/m0/s1. The Bertz CT molecular complexity index is 1320. The van der Waals surface area contributed by atoms with Crippen molar-refractivity contribution >= 4 is 31.8 Å². The molecule has 38 heavy (non-hydrogen) atoms. The van der Waals surface area contributed by atoms with Gasteiger partial charge in [0.1, 0.15) is 5.75 Å². The smallest absolute Gasteiger partial charge is 0.257 e. The van der Waals surface area contributed by atoms with Gasteiger partial charge in [0.25, 0.3) is 20.0 Å². The molecule has 0 aliphatic heterocycles. The van der Waals surface area contributed by atoms with Gasteiger partial charge in [-0.2, -0.15) is 0 Å². The van der Waals surface area contributed by atoms with Crippen molar-refractivity contribution in [3.8, 4) is 5.75 Å². The summed E-state index contributed by atoms with van der Waals surface area (Å²) in [5.41, 5.74) is 1.34. The lowest BCUT2D eigenvalue weighted by Crippen LogP contribution is -2.36. The quantitative estimate of drug-likeness (QED) is 0.118. The Morgan fingerprint density at radius 2 is 1.34 bits per heavy atom. The molecule has 3 aromatic carbocycles. The van der Waals surface area contributed by atoms with E-state index in [1.165, 1.54) is 29.8 Å². The lowest BCUT2D eigenvalue weighted by Gasteiger charge is -2.22. The Hall–Kier alpha value is -2.59. The van der Waals surface area contributed by atoms with Gasteiger partial charge in [-0.15, -0.1) is 11.8 Å². The van der Waals surface area contributed by atoms with Gasteiger partial charge in [-0.25, -0.2) is 16.8 Å². The highest BCUT2D eigenvalue weighted by Crippen LogP contribution is 2.30. The van der Waals surface area contributed by atoms with Crippen LogP contribution in [0.25, 0.3) is 0 Å². The summed E-state index contributed by atoms with van der Waals surface area (Å²) < 4.78 is 60.1. The summed E-state index contributed by atoms with van der Waals surface area (Å²) in [5.74, 6) is 0.971. The molecule has 0 saturated carbocycles. The fourth-order valence-electron chi connectivity index (χ4n) is 3.63. The topological polar surface area (TPSA) is 80.8 Å². The summed E-state index contributed by atoms with van der Waals surface area (Å²) in [6, 6.07) is 22.4. The van der Waals surface area contributed by atoms with Crippen molar-refractivity contribution < 1.29 is 21.6 Å². The summed E-state index contributed by atoms with van der Waals surface area (Å²) in [7, 11) is -8.64. The number of nitrogens with zero attached hydrogens (tertiary/aromatic N) is 1. The fourth-order valence-corrected chi connectivity index (χ4v) is 8.66. The van der Waals surface area contributed by atoms with E-state index in [9.17, 15) is 16.8 Å². The maximum absolute atomic E-state index is 13.4. The average molecular weight is 574 g/mol. The Balaban J connectivity index is 1.68. The van der Waals surface area contributed by atoms with E-state index in [0.29, 0.717) is 16.2 Å². The molecule has 1 atom stereocenters. The summed E-state index contributed by atoms with van der Waals surface area (Å²) in [6.07, 6.45) is 5.41. The monoisotopic (exact) mass is 573 g/mol. The third kappa shape index (κ3) is 8.46. The minimum absolute atomic E-state index is 0.0843. The van der Waals surface area contributed by atoms with Crippen LogP contribution in [0.5, 0.6) is 5.75 Å². The summed E-state index contributed by atoms with van der Waals surface area (Å²) in [4.78, 5) is 0.557. The van der Waals surface area contributed by atoms with Crippen molar-refractivity contribution in [3.63, 3.8) is 0 Å². The molecule has 0 unspecified atom stereocenters. The Morgan fingerprint density at radius 3 is 1.84 bits per heavy atom. The van der Waals surface area contributed by atoms with Crippen molar-refractivity contribution in [2.24, 2.45) is 5.92 Å². The van der Waals surface area contributed by atoms with Crippen LogP contribution in [0.3, 0.4) is 0 Å². The van der Waals surface area contributed by atoms with Gasteiger partial charge in [-0.05, 0) is 87.6 Å². The maximum Gasteiger partial charge on any atom is 0.257 e. The van der Waals surface area contributed by atoms with E-state index in [1.54, 1.807) is 48.5 Å². The molecule has 0 bridgehead atoms. The van der Waals surface area contributed by atoms with Gasteiger partial charge in [-0.3, -0.25) is 0 Å². The molecule has 9 heteroatoms. The second-order valence-corrected chi connectivity index (χ2v) is 14.2. The maximum atomic E-state index is 13.4. The molecule has 204 valence electrons. The Kier molecular flexibility index (Phi) is 11.0.